The minimum absolute atomic E-state index is 0. The van der Waals surface area contributed by atoms with Gasteiger partial charge in [0.2, 0.25) is 0 Å². The molecule has 0 N–H and O–H groups in total. The molecule has 11 heavy (non-hydrogen) atoms. The summed E-state index contributed by atoms with van der Waals surface area (Å²) in [7, 11) is 1.29. The Morgan fingerprint density at radius 1 is 1.36 bits per heavy atom. The van der Waals surface area contributed by atoms with Crippen molar-refractivity contribution in [1.82, 2.24) is 4.90 Å². The second-order valence-electron chi connectivity index (χ2n) is 1.92. The van der Waals surface area contributed by atoms with Gasteiger partial charge in [-0.15, -0.1) is 0 Å². The fourth-order valence-electron chi connectivity index (χ4n) is 0.576. The van der Waals surface area contributed by atoms with Crippen LogP contribution in [-0.2, 0) is 9.59 Å². The average Bonchev–Trinajstić information content (AvgIpc) is 1.82. The molecule has 54 valence electrons. The van der Waals surface area contributed by atoms with Gasteiger partial charge in [0.05, 0.1) is 6.42 Å². The third-order valence-electron chi connectivity index (χ3n) is 1.18. The number of carbonyl (C=O) groups is 3. The number of hydrogen-bond donors (Lipinski definition) is 0. The van der Waals surface area contributed by atoms with Gasteiger partial charge < -0.3 is 10.2 Å². The van der Waals surface area contributed by atoms with Crippen LogP contribution in [0.4, 0.5) is 4.79 Å². The molecule has 0 spiro atoms. The summed E-state index contributed by atoms with van der Waals surface area (Å²) < 4.78 is 0. The van der Waals surface area contributed by atoms with Crippen molar-refractivity contribution in [2.24, 2.45) is 0 Å². The van der Waals surface area contributed by atoms with E-state index < -0.39 is 17.8 Å². The van der Waals surface area contributed by atoms with Gasteiger partial charge in [0.15, 0.2) is 17.8 Å². The molecule has 1 aliphatic heterocycles. The van der Waals surface area contributed by atoms with Crippen molar-refractivity contribution < 1.29 is 43.9 Å². The molecule has 6 heteroatoms. The Morgan fingerprint density at radius 3 is 2.36 bits per heavy atom. The first-order valence-electron chi connectivity index (χ1n) is 2.66. The summed E-state index contributed by atoms with van der Waals surface area (Å²) in [6.45, 7) is 0. The van der Waals surface area contributed by atoms with Gasteiger partial charge in [-0.3, -0.25) is 14.4 Å². The molecule has 0 unspecified atom stereocenters. The third kappa shape index (κ3) is 2.28. The van der Waals surface area contributed by atoms with E-state index in [1.165, 1.54) is 7.05 Å². The van der Waals surface area contributed by atoms with E-state index in [1.54, 1.807) is 0 Å². The molecule has 0 saturated carbocycles. The minimum Gasteiger partial charge on any atom is -0.384 e. The first-order valence-corrected chi connectivity index (χ1v) is 2.66. The monoisotopic (exact) mass is 164 g/mol. The molecule has 0 aromatic rings. The number of amides is 4. The van der Waals surface area contributed by atoms with Gasteiger partial charge in [0.1, 0.15) is 0 Å². The molecule has 1 aliphatic rings. The van der Waals surface area contributed by atoms with Crippen molar-refractivity contribution in [3.63, 3.8) is 0 Å². The summed E-state index contributed by atoms with van der Waals surface area (Å²) in [5.74, 6) is -1.15. The standard InChI is InChI=1S/C5H6N2O3.Na/c1-7-4(9)2-3(8)6-5(7)10;/h2H2,1H3,(H,6,8,10);/q;+1/p-1. The van der Waals surface area contributed by atoms with E-state index >= 15 is 0 Å². The van der Waals surface area contributed by atoms with E-state index in [0.29, 0.717) is 0 Å². The van der Waals surface area contributed by atoms with Gasteiger partial charge in [-0.05, 0) is 0 Å². The molecule has 1 heterocycles. The first-order chi connectivity index (χ1) is 4.61. The molecule has 1 rings (SSSR count). The van der Waals surface area contributed by atoms with E-state index in [4.69, 9.17) is 0 Å². The van der Waals surface area contributed by atoms with E-state index in [-0.39, 0.29) is 36.0 Å². The van der Waals surface area contributed by atoms with Gasteiger partial charge in [0, 0.05) is 0 Å². The number of nitrogens with zero attached hydrogens (tertiary/aromatic N) is 2. The Morgan fingerprint density at radius 2 is 1.91 bits per heavy atom. The average molecular weight is 164 g/mol. The van der Waals surface area contributed by atoms with Crippen LogP contribution in [0.5, 0.6) is 0 Å². The normalized spacial score (nSPS) is 17.5. The van der Waals surface area contributed by atoms with Crippen LogP contribution in [0, 0.1) is 0 Å². The third-order valence-corrected chi connectivity index (χ3v) is 1.18. The summed E-state index contributed by atoms with van der Waals surface area (Å²) in [6, 6.07) is -0.777. The van der Waals surface area contributed by atoms with Crippen LogP contribution < -0.4 is 29.6 Å². The second-order valence-corrected chi connectivity index (χ2v) is 1.92. The molecule has 0 aromatic heterocycles. The van der Waals surface area contributed by atoms with E-state index in [9.17, 15) is 14.4 Å². The van der Waals surface area contributed by atoms with Crippen LogP contribution in [0.25, 0.3) is 5.32 Å². The van der Waals surface area contributed by atoms with E-state index in [1.807, 2.05) is 0 Å². The molecule has 0 aliphatic carbocycles. The number of carbonyl (C=O) groups excluding carboxylic acids is 3. The van der Waals surface area contributed by atoms with Crippen molar-refractivity contribution in [3.8, 4) is 0 Å². The second kappa shape index (κ2) is 3.85. The van der Waals surface area contributed by atoms with Gasteiger partial charge >= 0.3 is 29.6 Å². The van der Waals surface area contributed by atoms with Crippen LogP contribution in [-0.4, -0.2) is 29.8 Å². The SMILES string of the molecule is CN1C(=O)CC(=O)[N-]C1=O.[Na+]. The van der Waals surface area contributed by atoms with Crippen LogP contribution >= 0.6 is 0 Å². The smallest absolute Gasteiger partial charge is 0.384 e. The first kappa shape index (κ1) is 10.6. The van der Waals surface area contributed by atoms with Crippen LogP contribution in [0.2, 0.25) is 0 Å². The van der Waals surface area contributed by atoms with Crippen LogP contribution in [0.1, 0.15) is 6.42 Å². The maximum absolute atomic E-state index is 10.6. The largest absolute Gasteiger partial charge is 1.00 e. The molecular formula is C5H5N2NaO3. The molecule has 5 nitrogen and oxygen atoms in total. The van der Waals surface area contributed by atoms with Crippen molar-refractivity contribution >= 4 is 17.8 Å². The topological polar surface area (TPSA) is 68.6 Å². The molecule has 1 saturated heterocycles. The zero-order valence-corrected chi connectivity index (χ0v) is 8.33. The van der Waals surface area contributed by atoms with Gasteiger partial charge in [-0.25, -0.2) is 0 Å². The number of urea groups is 1. The van der Waals surface area contributed by atoms with E-state index in [2.05, 4.69) is 5.32 Å². The summed E-state index contributed by atoms with van der Waals surface area (Å²) in [4.78, 5) is 32.4. The van der Waals surface area contributed by atoms with E-state index in [0.717, 1.165) is 4.90 Å². The number of rotatable bonds is 0. The minimum atomic E-state index is -0.777. The number of imide groups is 2. The molecule has 0 atom stereocenters. The summed E-state index contributed by atoms with van der Waals surface area (Å²) in [5.41, 5.74) is 0. The Labute approximate surface area is 85.4 Å². The Balaban J connectivity index is 0.000001000. The predicted molar refractivity (Wildman–Crippen MR) is 31.1 cm³/mol. The summed E-state index contributed by atoms with van der Waals surface area (Å²) in [5, 5.41) is 3.04. The van der Waals surface area contributed by atoms with Crippen molar-refractivity contribution in [1.29, 1.82) is 0 Å². The van der Waals surface area contributed by atoms with Gasteiger partial charge in [-0.1, -0.05) is 7.05 Å². The fourth-order valence-corrected chi connectivity index (χ4v) is 0.576. The zero-order chi connectivity index (χ0) is 7.72. The Bertz CT molecular complexity index is 196. The van der Waals surface area contributed by atoms with Crippen LogP contribution in [0.3, 0.4) is 0 Å². The van der Waals surface area contributed by atoms with Crippen molar-refractivity contribution in [3.05, 3.63) is 5.32 Å². The van der Waals surface area contributed by atoms with Crippen LogP contribution in [0.15, 0.2) is 0 Å². The molecule has 4 amide bonds. The molecule has 1 fully saturated rings. The molecule has 0 aromatic carbocycles. The van der Waals surface area contributed by atoms with Crippen molar-refractivity contribution in [2.45, 2.75) is 6.42 Å². The van der Waals surface area contributed by atoms with Gasteiger partial charge in [0.25, 0.3) is 0 Å². The maximum Gasteiger partial charge on any atom is 1.00 e. The fraction of sp³-hybridized carbons (Fsp3) is 0.400. The Kier molecular flexibility index (Phi) is 3.71. The number of hydrogen-bond acceptors (Lipinski definition) is 3. The predicted octanol–water partition coefficient (Wildman–Crippen LogP) is -3.13. The molecule has 0 radical (unpaired) electrons. The number of barbiturate groups is 1. The molecular weight excluding hydrogens is 159 g/mol. The molecule has 0 bridgehead atoms. The summed E-state index contributed by atoms with van der Waals surface area (Å²) in [6.07, 6.45) is -0.289. The quantitative estimate of drug-likeness (QED) is 0.281. The van der Waals surface area contributed by atoms with Crippen molar-refractivity contribution in [2.75, 3.05) is 7.05 Å². The Hall–Kier alpha value is -0.390. The zero-order valence-electron chi connectivity index (χ0n) is 6.33. The van der Waals surface area contributed by atoms with Gasteiger partial charge in [-0.2, -0.15) is 0 Å². The summed E-state index contributed by atoms with van der Waals surface area (Å²) >= 11 is 0. The maximum atomic E-state index is 10.6.